The predicted molar refractivity (Wildman–Crippen MR) is 104 cm³/mol. The number of hydrogen-bond acceptors (Lipinski definition) is 6. The standard InChI is InChI=1S/C19H31N5O3/c1-20-19(24-7-5-17(15-24)23-8-10-26-11-9-23)22-14-16-4-3-6-21-18(16)27-13-12-25-2/h3-4,6,17H,5,7-15H2,1-2H3,(H,20,22). The van der Waals surface area contributed by atoms with Gasteiger partial charge in [0, 0.05) is 64.7 Å². The molecule has 8 heteroatoms. The Labute approximate surface area is 161 Å². The Hall–Kier alpha value is -1.90. The van der Waals surface area contributed by atoms with Crippen LogP contribution in [0.5, 0.6) is 5.88 Å². The molecule has 0 aromatic carbocycles. The highest BCUT2D eigenvalue weighted by Gasteiger charge is 2.30. The summed E-state index contributed by atoms with van der Waals surface area (Å²) in [5, 5.41) is 3.46. The zero-order valence-electron chi connectivity index (χ0n) is 16.4. The lowest BCUT2D eigenvalue weighted by atomic mass is 10.2. The molecule has 0 bridgehead atoms. The first-order valence-electron chi connectivity index (χ1n) is 9.65. The van der Waals surface area contributed by atoms with E-state index in [1.54, 1.807) is 13.3 Å². The summed E-state index contributed by atoms with van der Waals surface area (Å²) in [7, 11) is 3.50. The highest BCUT2D eigenvalue weighted by molar-refractivity contribution is 5.80. The van der Waals surface area contributed by atoms with Gasteiger partial charge in [-0.3, -0.25) is 9.89 Å². The Morgan fingerprint density at radius 1 is 1.33 bits per heavy atom. The Bertz CT molecular complexity index is 607. The Kier molecular flexibility index (Phi) is 7.67. The fourth-order valence-electron chi connectivity index (χ4n) is 3.59. The van der Waals surface area contributed by atoms with Gasteiger partial charge in [0.1, 0.15) is 6.61 Å². The van der Waals surface area contributed by atoms with Crippen molar-refractivity contribution in [1.29, 1.82) is 0 Å². The number of hydrogen-bond donors (Lipinski definition) is 1. The Morgan fingerprint density at radius 2 is 2.19 bits per heavy atom. The average molecular weight is 377 g/mol. The molecule has 0 aliphatic carbocycles. The summed E-state index contributed by atoms with van der Waals surface area (Å²) in [6, 6.07) is 4.53. The van der Waals surface area contributed by atoms with Crippen molar-refractivity contribution in [2.75, 3.05) is 66.8 Å². The van der Waals surface area contributed by atoms with Gasteiger partial charge in [0.15, 0.2) is 5.96 Å². The first kappa shape index (κ1) is 19.9. The molecule has 1 aromatic heterocycles. The molecule has 1 N–H and O–H groups in total. The zero-order valence-corrected chi connectivity index (χ0v) is 16.4. The van der Waals surface area contributed by atoms with Gasteiger partial charge in [-0.2, -0.15) is 0 Å². The number of guanidine groups is 1. The van der Waals surface area contributed by atoms with Gasteiger partial charge in [-0.05, 0) is 12.5 Å². The van der Waals surface area contributed by atoms with E-state index in [0.717, 1.165) is 50.9 Å². The first-order valence-corrected chi connectivity index (χ1v) is 9.65. The van der Waals surface area contributed by atoms with Crippen LogP contribution in [0, 0.1) is 0 Å². The van der Waals surface area contributed by atoms with E-state index in [-0.39, 0.29) is 0 Å². The highest BCUT2D eigenvalue weighted by Crippen LogP contribution is 2.18. The molecular weight excluding hydrogens is 346 g/mol. The van der Waals surface area contributed by atoms with E-state index in [0.29, 0.717) is 31.7 Å². The highest BCUT2D eigenvalue weighted by atomic mass is 16.5. The lowest BCUT2D eigenvalue weighted by Gasteiger charge is -2.32. The van der Waals surface area contributed by atoms with Gasteiger partial charge in [0.25, 0.3) is 0 Å². The zero-order chi connectivity index (χ0) is 18.9. The number of methoxy groups -OCH3 is 1. The van der Waals surface area contributed by atoms with Crippen molar-refractivity contribution in [2.24, 2.45) is 4.99 Å². The maximum atomic E-state index is 5.72. The van der Waals surface area contributed by atoms with E-state index >= 15 is 0 Å². The van der Waals surface area contributed by atoms with E-state index < -0.39 is 0 Å². The molecular formula is C19H31N5O3. The number of rotatable bonds is 7. The monoisotopic (exact) mass is 377 g/mol. The van der Waals surface area contributed by atoms with Crippen molar-refractivity contribution in [3.8, 4) is 5.88 Å². The van der Waals surface area contributed by atoms with Gasteiger partial charge in [0.2, 0.25) is 5.88 Å². The second-order valence-electron chi connectivity index (χ2n) is 6.75. The second kappa shape index (κ2) is 10.4. The Balaban J connectivity index is 1.52. The van der Waals surface area contributed by atoms with E-state index in [2.05, 4.69) is 25.1 Å². The van der Waals surface area contributed by atoms with Crippen LogP contribution in [0.2, 0.25) is 0 Å². The fraction of sp³-hybridized carbons (Fsp3) is 0.684. The third-order valence-corrected chi connectivity index (χ3v) is 5.05. The molecule has 150 valence electrons. The van der Waals surface area contributed by atoms with Crippen LogP contribution in [-0.4, -0.2) is 93.5 Å². The second-order valence-corrected chi connectivity index (χ2v) is 6.75. The molecule has 27 heavy (non-hydrogen) atoms. The van der Waals surface area contributed by atoms with E-state index in [1.165, 1.54) is 6.42 Å². The number of nitrogens with zero attached hydrogens (tertiary/aromatic N) is 4. The summed E-state index contributed by atoms with van der Waals surface area (Å²) < 4.78 is 16.2. The minimum Gasteiger partial charge on any atom is -0.475 e. The molecule has 2 saturated heterocycles. The summed E-state index contributed by atoms with van der Waals surface area (Å²) in [4.78, 5) is 13.7. The molecule has 3 rings (SSSR count). The summed E-state index contributed by atoms with van der Waals surface area (Å²) in [6.07, 6.45) is 2.91. The van der Waals surface area contributed by atoms with Gasteiger partial charge < -0.3 is 24.4 Å². The van der Waals surface area contributed by atoms with Gasteiger partial charge in [0.05, 0.1) is 19.8 Å². The molecule has 2 fully saturated rings. The smallest absolute Gasteiger partial charge is 0.218 e. The summed E-state index contributed by atoms with van der Waals surface area (Å²) in [5.41, 5.74) is 1.01. The molecule has 3 heterocycles. The number of aromatic nitrogens is 1. The molecule has 0 radical (unpaired) electrons. The van der Waals surface area contributed by atoms with E-state index in [1.807, 2.05) is 19.2 Å². The lowest BCUT2D eigenvalue weighted by molar-refractivity contribution is 0.0195. The summed E-state index contributed by atoms with van der Waals surface area (Å²) in [6.45, 7) is 7.43. The Morgan fingerprint density at radius 3 is 2.96 bits per heavy atom. The molecule has 0 amide bonds. The number of pyridine rings is 1. The third kappa shape index (κ3) is 5.54. The topological polar surface area (TPSA) is 71.5 Å². The summed E-state index contributed by atoms with van der Waals surface area (Å²) in [5.74, 6) is 1.57. The van der Waals surface area contributed by atoms with Crippen molar-refractivity contribution in [3.05, 3.63) is 23.9 Å². The molecule has 8 nitrogen and oxygen atoms in total. The normalized spacial score (nSPS) is 21.5. The van der Waals surface area contributed by atoms with E-state index in [4.69, 9.17) is 14.2 Å². The minimum absolute atomic E-state index is 0.489. The van der Waals surface area contributed by atoms with Gasteiger partial charge in [-0.25, -0.2) is 4.98 Å². The quantitative estimate of drug-likeness (QED) is 0.424. The number of morpholine rings is 1. The fourth-order valence-corrected chi connectivity index (χ4v) is 3.59. The molecule has 1 aromatic rings. The minimum atomic E-state index is 0.489. The van der Waals surface area contributed by atoms with Crippen LogP contribution in [0.4, 0.5) is 0 Å². The maximum Gasteiger partial charge on any atom is 0.218 e. The van der Waals surface area contributed by atoms with Crippen LogP contribution < -0.4 is 10.1 Å². The van der Waals surface area contributed by atoms with Crippen LogP contribution >= 0.6 is 0 Å². The predicted octanol–water partition coefficient (Wildman–Crippen LogP) is 0.589. The number of ether oxygens (including phenoxy) is 3. The van der Waals surface area contributed by atoms with Crippen molar-refractivity contribution in [2.45, 2.75) is 19.0 Å². The molecule has 2 aliphatic rings. The van der Waals surface area contributed by atoms with Crippen molar-refractivity contribution < 1.29 is 14.2 Å². The molecule has 2 aliphatic heterocycles. The van der Waals surface area contributed by atoms with Crippen LogP contribution in [0.25, 0.3) is 0 Å². The number of nitrogens with one attached hydrogen (secondary N) is 1. The van der Waals surface area contributed by atoms with Gasteiger partial charge >= 0.3 is 0 Å². The van der Waals surface area contributed by atoms with Crippen LogP contribution in [0.1, 0.15) is 12.0 Å². The van der Waals surface area contributed by atoms with Crippen molar-refractivity contribution in [1.82, 2.24) is 20.1 Å². The van der Waals surface area contributed by atoms with Crippen LogP contribution in [-0.2, 0) is 16.0 Å². The molecule has 0 saturated carbocycles. The molecule has 0 spiro atoms. The number of likely N-dealkylation sites (tertiary alicyclic amines) is 1. The largest absolute Gasteiger partial charge is 0.475 e. The number of aliphatic imine (C=N–C) groups is 1. The molecule has 1 unspecified atom stereocenters. The maximum absolute atomic E-state index is 5.72. The van der Waals surface area contributed by atoms with E-state index in [9.17, 15) is 0 Å². The lowest BCUT2D eigenvalue weighted by Crippen LogP contribution is -2.46. The van der Waals surface area contributed by atoms with Crippen molar-refractivity contribution >= 4 is 5.96 Å². The van der Waals surface area contributed by atoms with Crippen molar-refractivity contribution in [3.63, 3.8) is 0 Å². The third-order valence-electron chi connectivity index (χ3n) is 5.05. The SMILES string of the molecule is CN=C(NCc1cccnc1OCCOC)N1CCC(N2CCOCC2)C1. The first-order chi connectivity index (χ1) is 13.3. The van der Waals surface area contributed by atoms with Gasteiger partial charge in [-0.1, -0.05) is 6.07 Å². The summed E-state index contributed by atoms with van der Waals surface area (Å²) >= 11 is 0. The van der Waals surface area contributed by atoms with Crippen LogP contribution in [0.3, 0.4) is 0 Å². The van der Waals surface area contributed by atoms with Gasteiger partial charge in [-0.15, -0.1) is 0 Å². The average Bonchev–Trinajstić information content (AvgIpc) is 3.20. The van der Waals surface area contributed by atoms with Crippen LogP contribution in [0.15, 0.2) is 23.3 Å². The molecule has 1 atom stereocenters.